The Kier molecular flexibility index (Phi) is 6.42. The topological polar surface area (TPSA) is 51.2 Å². The number of carbonyl (C=O) groups is 1. The van der Waals surface area contributed by atoms with E-state index < -0.39 is 0 Å². The molecule has 1 heterocycles. The van der Waals surface area contributed by atoms with Crippen LogP contribution >= 0.6 is 0 Å². The first-order valence-corrected chi connectivity index (χ1v) is 9.23. The van der Waals surface area contributed by atoms with Gasteiger partial charge in [-0.05, 0) is 24.3 Å². The van der Waals surface area contributed by atoms with E-state index in [4.69, 9.17) is 14.2 Å². The van der Waals surface area contributed by atoms with Crippen LogP contribution in [0.15, 0.2) is 48.5 Å². The van der Waals surface area contributed by atoms with Crippen molar-refractivity contribution in [3.8, 4) is 17.2 Å². The van der Waals surface area contributed by atoms with E-state index in [1.54, 1.807) is 33.5 Å². The number of methoxy groups -OCH3 is 3. The molecule has 0 aliphatic carbocycles. The molecule has 6 heteroatoms. The van der Waals surface area contributed by atoms with Gasteiger partial charge in [-0.15, -0.1) is 0 Å². The largest absolute Gasteiger partial charge is 0.497 e. The van der Waals surface area contributed by atoms with Crippen LogP contribution in [0, 0.1) is 0 Å². The first-order valence-electron chi connectivity index (χ1n) is 9.23. The van der Waals surface area contributed by atoms with E-state index in [1.165, 1.54) is 0 Å². The van der Waals surface area contributed by atoms with E-state index in [-0.39, 0.29) is 5.91 Å². The fourth-order valence-corrected chi connectivity index (χ4v) is 3.30. The lowest BCUT2D eigenvalue weighted by atomic mass is 10.1. The van der Waals surface area contributed by atoms with Crippen molar-refractivity contribution in [3.05, 3.63) is 54.1 Å². The van der Waals surface area contributed by atoms with Crippen LogP contribution in [-0.4, -0.2) is 58.3 Å². The first-order chi connectivity index (χ1) is 13.7. The molecule has 1 aliphatic rings. The number of hydrogen-bond donors (Lipinski definition) is 0. The standard InChI is InChI=1S/C22H26N2O4/c1-26-19-8-5-7-18(16-19)23-12-14-24(15-13-23)21(25)11-10-17-6-4-9-20(27-2)22(17)28-3/h4-11,16H,12-15H2,1-3H3/b11-10+. The minimum Gasteiger partial charge on any atom is -0.497 e. The number of amides is 1. The molecule has 0 aromatic heterocycles. The van der Waals surface area contributed by atoms with E-state index in [1.807, 2.05) is 41.3 Å². The highest BCUT2D eigenvalue weighted by atomic mass is 16.5. The molecule has 0 spiro atoms. The van der Waals surface area contributed by atoms with E-state index >= 15 is 0 Å². The Morgan fingerprint density at radius 3 is 2.36 bits per heavy atom. The first kappa shape index (κ1) is 19.6. The van der Waals surface area contributed by atoms with Crippen molar-refractivity contribution >= 4 is 17.7 Å². The summed E-state index contributed by atoms with van der Waals surface area (Å²) in [6.07, 6.45) is 3.37. The summed E-state index contributed by atoms with van der Waals surface area (Å²) in [5, 5.41) is 0. The van der Waals surface area contributed by atoms with E-state index in [0.717, 1.165) is 30.1 Å². The highest BCUT2D eigenvalue weighted by Crippen LogP contribution is 2.31. The van der Waals surface area contributed by atoms with Gasteiger partial charge in [0.05, 0.1) is 21.3 Å². The molecule has 1 saturated heterocycles. The highest BCUT2D eigenvalue weighted by Gasteiger charge is 2.20. The Hall–Kier alpha value is -3.15. The van der Waals surface area contributed by atoms with Crippen molar-refractivity contribution in [2.45, 2.75) is 0 Å². The van der Waals surface area contributed by atoms with Crippen molar-refractivity contribution in [3.63, 3.8) is 0 Å². The van der Waals surface area contributed by atoms with Crippen LogP contribution in [0.3, 0.4) is 0 Å². The number of ether oxygens (including phenoxy) is 3. The highest BCUT2D eigenvalue weighted by molar-refractivity contribution is 5.92. The third-order valence-corrected chi connectivity index (χ3v) is 4.85. The summed E-state index contributed by atoms with van der Waals surface area (Å²) >= 11 is 0. The average Bonchev–Trinajstić information content (AvgIpc) is 2.77. The van der Waals surface area contributed by atoms with Gasteiger partial charge in [0.25, 0.3) is 0 Å². The predicted octanol–water partition coefficient (Wildman–Crippen LogP) is 3.07. The zero-order valence-electron chi connectivity index (χ0n) is 16.6. The molecule has 2 aromatic rings. The van der Waals surface area contributed by atoms with Gasteiger partial charge in [0.15, 0.2) is 11.5 Å². The Morgan fingerprint density at radius 1 is 0.929 bits per heavy atom. The molecule has 148 valence electrons. The molecule has 0 saturated carbocycles. The molecule has 3 rings (SSSR count). The molecular formula is C22H26N2O4. The van der Waals surface area contributed by atoms with Gasteiger partial charge in [-0.25, -0.2) is 0 Å². The maximum atomic E-state index is 12.6. The molecule has 28 heavy (non-hydrogen) atoms. The van der Waals surface area contributed by atoms with Crippen LogP contribution in [0.4, 0.5) is 5.69 Å². The van der Waals surface area contributed by atoms with Gasteiger partial charge in [0.1, 0.15) is 5.75 Å². The van der Waals surface area contributed by atoms with Crippen molar-refractivity contribution in [2.75, 3.05) is 52.4 Å². The molecule has 0 N–H and O–H groups in total. The van der Waals surface area contributed by atoms with Crippen molar-refractivity contribution in [2.24, 2.45) is 0 Å². The monoisotopic (exact) mass is 382 g/mol. The lowest BCUT2D eigenvalue weighted by molar-refractivity contribution is -0.126. The summed E-state index contributed by atoms with van der Waals surface area (Å²) in [5.74, 6) is 2.10. The predicted molar refractivity (Wildman–Crippen MR) is 110 cm³/mol. The lowest BCUT2D eigenvalue weighted by Gasteiger charge is -2.35. The number of benzene rings is 2. The quantitative estimate of drug-likeness (QED) is 0.719. The van der Waals surface area contributed by atoms with Crippen LogP contribution < -0.4 is 19.1 Å². The summed E-state index contributed by atoms with van der Waals surface area (Å²) in [4.78, 5) is 16.7. The van der Waals surface area contributed by atoms with Gasteiger partial charge in [0.2, 0.25) is 5.91 Å². The molecular weight excluding hydrogens is 356 g/mol. The lowest BCUT2D eigenvalue weighted by Crippen LogP contribution is -2.48. The molecule has 0 atom stereocenters. The Labute approximate surface area is 165 Å². The number of piperazine rings is 1. The molecule has 1 aliphatic heterocycles. The SMILES string of the molecule is COc1cccc(N2CCN(C(=O)/C=C/c3cccc(OC)c3OC)CC2)c1. The van der Waals surface area contributed by atoms with Gasteiger partial charge in [-0.3, -0.25) is 4.79 Å². The van der Waals surface area contributed by atoms with Crippen LogP contribution in [0.5, 0.6) is 17.2 Å². The van der Waals surface area contributed by atoms with Crippen LogP contribution in [0.2, 0.25) is 0 Å². The Balaban J connectivity index is 1.62. The molecule has 0 radical (unpaired) electrons. The third-order valence-electron chi connectivity index (χ3n) is 4.85. The summed E-state index contributed by atoms with van der Waals surface area (Å²) in [6, 6.07) is 13.6. The molecule has 1 amide bonds. The minimum atomic E-state index is -0.00448. The smallest absolute Gasteiger partial charge is 0.246 e. The second-order valence-electron chi connectivity index (χ2n) is 6.43. The molecule has 0 bridgehead atoms. The van der Waals surface area contributed by atoms with Gasteiger partial charge in [-0.2, -0.15) is 0 Å². The van der Waals surface area contributed by atoms with Crippen molar-refractivity contribution in [1.29, 1.82) is 0 Å². The second kappa shape index (κ2) is 9.17. The number of hydrogen-bond acceptors (Lipinski definition) is 5. The third kappa shape index (κ3) is 4.39. The maximum Gasteiger partial charge on any atom is 0.246 e. The molecule has 0 unspecified atom stereocenters. The van der Waals surface area contributed by atoms with E-state index in [9.17, 15) is 4.79 Å². The van der Waals surface area contributed by atoms with Gasteiger partial charge < -0.3 is 24.0 Å². The summed E-state index contributed by atoms with van der Waals surface area (Å²) in [5.41, 5.74) is 1.92. The maximum absolute atomic E-state index is 12.6. The Bertz CT molecular complexity index is 842. The molecule has 1 fully saturated rings. The van der Waals surface area contributed by atoms with Gasteiger partial charge in [0, 0.05) is 49.6 Å². The minimum absolute atomic E-state index is 0.00448. The Morgan fingerprint density at radius 2 is 1.68 bits per heavy atom. The number of carbonyl (C=O) groups excluding carboxylic acids is 1. The fraction of sp³-hybridized carbons (Fsp3) is 0.318. The van der Waals surface area contributed by atoms with E-state index in [0.29, 0.717) is 24.6 Å². The zero-order valence-corrected chi connectivity index (χ0v) is 16.6. The van der Waals surface area contributed by atoms with Gasteiger partial charge >= 0.3 is 0 Å². The van der Waals surface area contributed by atoms with Crippen molar-refractivity contribution in [1.82, 2.24) is 4.90 Å². The van der Waals surface area contributed by atoms with Crippen molar-refractivity contribution < 1.29 is 19.0 Å². The van der Waals surface area contributed by atoms with Crippen LogP contribution in [0.25, 0.3) is 6.08 Å². The normalized spacial score (nSPS) is 14.2. The fourth-order valence-electron chi connectivity index (χ4n) is 3.30. The van der Waals surface area contributed by atoms with Crippen LogP contribution in [-0.2, 0) is 4.79 Å². The average molecular weight is 382 g/mol. The second-order valence-corrected chi connectivity index (χ2v) is 6.43. The number of rotatable bonds is 6. The summed E-state index contributed by atoms with van der Waals surface area (Å²) in [6.45, 7) is 2.93. The number of para-hydroxylation sites is 1. The molecule has 2 aromatic carbocycles. The van der Waals surface area contributed by atoms with Gasteiger partial charge in [-0.1, -0.05) is 18.2 Å². The van der Waals surface area contributed by atoms with Crippen LogP contribution in [0.1, 0.15) is 5.56 Å². The number of nitrogens with zero attached hydrogens (tertiary/aromatic N) is 2. The summed E-state index contributed by atoms with van der Waals surface area (Å²) < 4.78 is 16.0. The number of anilines is 1. The summed E-state index contributed by atoms with van der Waals surface area (Å²) in [7, 11) is 4.85. The van der Waals surface area contributed by atoms with E-state index in [2.05, 4.69) is 11.0 Å². The molecule has 6 nitrogen and oxygen atoms in total. The zero-order chi connectivity index (χ0) is 19.9.